The highest BCUT2D eigenvalue weighted by Gasteiger charge is 2.28. The molecule has 6 heteroatoms. The number of rotatable bonds is 43. The molecular formula is C46H93NO5. The fraction of sp³-hybridized carbons (Fsp3) is 0.978. The Morgan fingerprint density at radius 1 is 0.404 bits per heavy atom. The van der Waals surface area contributed by atoms with Crippen molar-refractivity contribution in [2.45, 2.75) is 282 Å². The molecular weight excluding hydrogens is 647 g/mol. The predicted molar refractivity (Wildman–Crippen MR) is 224 cm³/mol. The van der Waals surface area contributed by atoms with Crippen molar-refractivity contribution in [3.63, 3.8) is 0 Å². The van der Waals surface area contributed by atoms with Crippen LogP contribution in [-0.2, 0) is 4.79 Å². The van der Waals surface area contributed by atoms with Crippen LogP contribution in [0.2, 0.25) is 0 Å². The number of nitrogens with one attached hydrogen (secondary N) is 1. The summed E-state index contributed by atoms with van der Waals surface area (Å²) in [5, 5.41) is 43.8. The Morgan fingerprint density at radius 3 is 0.923 bits per heavy atom. The van der Waals surface area contributed by atoms with Crippen LogP contribution in [0, 0.1) is 0 Å². The second-order valence-electron chi connectivity index (χ2n) is 16.5. The molecule has 0 rings (SSSR count). The third-order valence-corrected chi connectivity index (χ3v) is 11.3. The average molecular weight is 740 g/mol. The van der Waals surface area contributed by atoms with Crippen LogP contribution in [-0.4, -0.2) is 57.3 Å². The number of carbonyl (C=O) groups is 1. The third-order valence-electron chi connectivity index (χ3n) is 11.3. The van der Waals surface area contributed by atoms with E-state index < -0.39 is 36.9 Å². The topological polar surface area (TPSA) is 110 Å². The molecule has 0 saturated carbocycles. The van der Waals surface area contributed by atoms with Crippen molar-refractivity contribution in [2.75, 3.05) is 6.61 Å². The molecule has 5 N–H and O–H groups in total. The van der Waals surface area contributed by atoms with Gasteiger partial charge in [0.05, 0.1) is 18.8 Å². The lowest BCUT2D eigenvalue weighted by Crippen LogP contribution is -2.53. The summed E-state index contributed by atoms with van der Waals surface area (Å²) in [5.41, 5.74) is 0. The van der Waals surface area contributed by atoms with Crippen molar-refractivity contribution < 1.29 is 25.2 Å². The summed E-state index contributed by atoms with van der Waals surface area (Å²) in [4.78, 5) is 12.5. The van der Waals surface area contributed by atoms with E-state index in [1.54, 1.807) is 0 Å². The standard InChI is InChI=1S/C46H93NO5/c1-3-5-7-9-11-13-15-17-19-20-21-22-23-24-26-27-29-31-33-35-37-39-43(49)45(51)42(41-48)47-46(52)44(50)40-38-36-34-32-30-28-25-18-16-14-12-10-8-6-4-2/h42-45,48-51H,3-41H2,1-2H3,(H,47,52). The molecule has 0 aromatic heterocycles. The first-order valence-corrected chi connectivity index (χ1v) is 23.4. The molecule has 0 saturated heterocycles. The summed E-state index contributed by atoms with van der Waals surface area (Å²) in [6.45, 7) is 4.07. The lowest BCUT2D eigenvalue weighted by molar-refractivity contribution is -0.132. The van der Waals surface area contributed by atoms with Gasteiger partial charge in [0.1, 0.15) is 12.2 Å². The van der Waals surface area contributed by atoms with Gasteiger partial charge in [-0.15, -0.1) is 0 Å². The first-order valence-electron chi connectivity index (χ1n) is 23.4. The maximum atomic E-state index is 12.5. The van der Waals surface area contributed by atoms with Crippen LogP contribution in [0.5, 0.6) is 0 Å². The molecule has 0 aromatic carbocycles. The summed E-state index contributed by atoms with van der Waals surface area (Å²) < 4.78 is 0. The molecule has 6 nitrogen and oxygen atoms in total. The minimum Gasteiger partial charge on any atom is -0.394 e. The van der Waals surface area contributed by atoms with Crippen molar-refractivity contribution in [3.8, 4) is 0 Å². The number of hydrogen-bond donors (Lipinski definition) is 5. The molecule has 0 bridgehead atoms. The average Bonchev–Trinajstić information content (AvgIpc) is 3.15. The minimum absolute atomic E-state index is 0.375. The van der Waals surface area contributed by atoms with Gasteiger partial charge in [-0.3, -0.25) is 4.79 Å². The van der Waals surface area contributed by atoms with Crippen molar-refractivity contribution in [3.05, 3.63) is 0 Å². The minimum atomic E-state index is -1.25. The van der Waals surface area contributed by atoms with Crippen LogP contribution < -0.4 is 5.32 Å². The van der Waals surface area contributed by atoms with Crippen LogP contribution in [0.3, 0.4) is 0 Å². The van der Waals surface area contributed by atoms with Gasteiger partial charge in [0, 0.05) is 0 Å². The molecule has 4 unspecified atom stereocenters. The first kappa shape index (κ1) is 51.3. The van der Waals surface area contributed by atoms with E-state index in [1.807, 2.05) is 0 Å². The molecule has 0 aliphatic carbocycles. The Bertz CT molecular complexity index is 706. The van der Waals surface area contributed by atoms with Gasteiger partial charge in [0.25, 0.3) is 0 Å². The van der Waals surface area contributed by atoms with Gasteiger partial charge in [0.15, 0.2) is 0 Å². The lowest BCUT2D eigenvalue weighted by atomic mass is 9.99. The van der Waals surface area contributed by atoms with E-state index in [1.165, 1.54) is 193 Å². The summed E-state index contributed by atoms with van der Waals surface area (Å²) in [6.07, 6.45) is 44.2. The van der Waals surface area contributed by atoms with Crippen LogP contribution in [0.15, 0.2) is 0 Å². The largest absolute Gasteiger partial charge is 0.394 e. The number of aliphatic hydroxyl groups excluding tert-OH is 4. The van der Waals surface area contributed by atoms with E-state index in [0.717, 1.165) is 38.5 Å². The van der Waals surface area contributed by atoms with E-state index in [-0.39, 0.29) is 0 Å². The Balaban J connectivity index is 3.66. The Kier molecular flexibility index (Phi) is 40.9. The Labute approximate surface area is 324 Å². The Hall–Kier alpha value is -0.690. The molecule has 0 radical (unpaired) electrons. The zero-order valence-electron chi connectivity index (χ0n) is 35.1. The molecule has 1 amide bonds. The summed E-state index contributed by atoms with van der Waals surface area (Å²) >= 11 is 0. The molecule has 0 aliphatic rings. The second-order valence-corrected chi connectivity index (χ2v) is 16.5. The van der Waals surface area contributed by atoms with E-state index in [9.17, 15) is 25.2 Å². The van der Waals surface area contributed by atoms with Crippen LogP contribution in [0.1, 0.15) is 258 Å². The van der Waals surface area contributed by atoms with Gasteiger partial charge in [-0.05, 0) is 12.8 Å². The van der Waals surface area contributed by atoms with Crippen LogP contribution in [0.25, 0.3) is 0 Å². The monoisotopic (exact) mass is 740 g/mol. The summed E-state index contributed by atoms with van der Waals surface area (Å²) in [7, 11) is 0. The number of unbranched alkanes of at least 4 members (excludes halogenated alkanes) is 34. The maximum Gasteiger partial charge on any atom is 0.249 e. The van der Waals surface area contributed by atoms with Crippen molar-refractivity contribution in [1.82, 2.24) is 5.32 Å². The van der Waals surface area contributed by atoms with Gasteiger partial charge in [0.2, 0.25) is 5.91 Å². The highest BCUT2D eigenvalue weighted by Crippen LogP contribution is 2.18. The number of amides is 1. The second kappa shape index (κ2) is 41.5. The van der Waals surface area contributed by atoms with Crippen molar-refractivity contribution >= 4 is 5.91 Å². The molecule has 52 heavy (non-hydrogen) atoms. The van der Waals surface area contributed by atoms with Gasteiger partial charge in [-0.1, -0.05) is 245 Å². The zero-order valence-corrected chi connectivity index (χ0v) is 35.1. The van der Waals surface area contributed by atoms with Gasteiger partial charge in [-0.2, -0.15) is 0 Å². The molecule has 0 fully saturated rings. The fourth-order valence-electron chi connectivity index (χ4n) is 7.58. The highest BCUT2D eigenvalue weighted by molar-refractivity contribution is 5.80. The van der Waals surface area contributed by atoms with E-state index in [0.29, 0.717) is 12.8 Å². The van der Waals surface area contributed by atoms with E-state index in [2.05, 4.69) is 19.2 Å². The predicted octanol–water partition coefficient (Wildman–Crippen LogP) is 12.4. The van der Waals surface area contributed by atoms with Crippen LogP contribution >= 0.6 is 0 Å². The SMILES string of the molecule is CCCCCCCCCCCCCCCCCCCCCCCC(O)C(O)C(CO)NC(=O)C(O)CCCCCCCCCCCCCCCCC. The molecule has 0 aliphatic heterocycles. The molecule has 312 valence electrons. The van der Waals surface area contributed by atoms with Gasteiger partial charge >= 0.3 is 0 Å². The van der Waals surface area contributed by atoms with Gasteiger partial charge in [-0.25, -0.2) is 0 Å². The molecule has 4 atom stereocenters. The van der Waals surface area contributed by atoms with Gasteiger partial charge < -0.3 is 25.7 Å². The third kappa shape index (κ3) is 35.0. The van der Waals surface area contributed by atoms with Crippen LogP contribution in [0.4, 0.5) is 0 Å². The maximum absolute atomic E-state index is 12.5. The van der Waals surface area contributed by atoms with E-state index in [4.69, 9.17) is 0 Å². The molecule has 0 spiro atoms. The van der Waals surface area contributed by atoms with E-state index >= 15 is 0 Å². The lowest BCUT2D eigenvalue weighted by Gasteiger charge is -2.27. The molecule has 0 aromatic rings. The first-order chi connectivity index (χ1) is 25.5. The van der Waals surface area contributed by atoms with Crippen molar-refractivity contribution in [1.29, 1.82) is 0 Å². The molecule has 0 heterocycles. The van der Waals surface area contributed by atoms with Crippen molar-refractivity contribution in [2.24, 2.45) is 0 Å². The number of hydrogen-bond acceptors (Lipinski definition) is 5. The summed E-state index contributed by atoms with van der Waals surface area (Å²) in [5.74, 6) is -0.579. The normalized spacial score (nSPS) is 14.0. The smallest absolute Gasteiger partial charge is 0.249 e. The quantitative estimate of drug-likeness (QED) is 0.0400. The number of aliphatic hydroxyl groups is 4. The fourth-order valence-corrected chi connectivity index (χ4v) is 7.58. The highest BCUT2D eigenvalue weighted by atomic mass is 16.3. The number of carbonyl (C=O) groups excluding carboxylic acids is 1. The zero-order chi connectivity index (χ0) is 38.2. The Morgan fingerprint density at radius 2 is 0.654 bits per heavy atom. The summed E-state index contributed by atoms with van der Waals surface area (Å²) in [6, 6.07) is -0.979.